The van der Waals surface area contributed by atoms with Gasteiger partial charge in [-0.05, 0) is 60.5 Å². The van der Waals surface area contributed by atoms with Gasteiger partial charge < -0.3 is 0 Å². The van der Waals surface area contributed by atoms with Crippen molar-refractivity contribution < 1.29 is 25.6 Å². The lowest BCUT2D eigenvalue weighted by Gasteiger charge is -2.12. The van der Waals surface area contributed by atoms with Crippen molar-refractivity contribution in [3.63, 3.8) is 0 Å². The zero-order chi connectivity index (χ0) is 21.4. The predicted octanol–water partition coefficient (Wildman–Crippen LogP) is 3.39. The molecule has 0 saturated carbocycles. The van der Waals surface area contributed by atoms with Gasteiger partial charge in [0.15, 0.2) is 0 Å². The maximum Gasteiger partial charge on any atom is 0.261 e. The fourth-order valence-corrected chi connectivity index (χ4v) is 4.46. The largest absolute Gasteiger partial charge is 0.280 e. The van der Waals surface area contributed by atoms with Gasteiger partial charge in [0.1, 0.15) is 11.6 Å². The summed E-state index contributed by atoms with van der Waals surface area (Å²) < 4.78 is 77.6. The zero-order valence-corrected chi connectivity index (χ0v) is 16.7. The molecule has 0 heterocycles. The first-order valence-electron chi connectivity index (χ1n) is 8.19. The summed E-state index contributed by atoms with van der Waals surface area (Å²) in [6, 6.07) is 12.2. The van der Waals surface area contributed by atoms with Gasteiger partial charge in [-0.25, -0.2) is 30.8 Å². The Morgan fingerprint density at radius 1 is 0.828 bits per heavy atom. The molecule has 3 N–H and O–H groups in total. The van der Waals surface area contributed by atoms with E-state index < -0.39 is 31.7 Å². The van der Waals surface area contributed by atoms with E-state index in [4.69, 9.17) is 5.14 Å². The van der Waals surface area contributed by atoms with Gasteiger partial charge in [0, 0.05) is 11.6 Å². The second kappa shape index (κ2) is 7.54. The summed E-state index contributed by atoms with van der Waals surface area (Å²) in [6.45, 7) is 1.60. The fraction of sp³-hybridized carbons (Fsp3) is 0.0526. The van der Waals surface area contributed by atoms with E-state index in [1.165, 1.54) is 42.5 Å². The highest BCUT2D eigenvalue weighted by molar-refractivity contribution is 7.92. The van der Waals surface area contributed by atoms with Crippen LogP contribution in [0.3, 0.4) is 0 Å². The van der Waals surface area contributed by atoms with Crippen LogP contribution in [-0.4, -0.2) is 16.8 Å². The monoisotopic (exact) mass is 438 g/mol. The molecule has 0 atom stereocenters. The minimum Gasteiger partial charge on any atom is -0.280 e. The van der Waals surface area contributed by atoms with Crippen LogP contribution in [-0.2, 0) is 20.0 Å². The van der Waals surface area contributed by atoms with Gasteiger partial charge in [-0.2, -0.15) is 0 Å². The smallest absolute Gasteiger partial charge is 0.261 e. The van der Waals surface area contributed by atoms with Crippen molar-refractivity contribution in [3.8, 4) is 11.1 Å². The molecule has 152 valence electrons. The predicted molar refractivity (Wildman–Crippen MR) is 105 cm³/mol. The topological polar surface area (TPSA) is 106 Å². The van der Waals surface area contributed by atoms with Crippen molar-refractivity contribution in [2.24, 2.45) is 5.14 Å². The Hall–Kier alpha value is -2.82. The van der Waals surface area contributed by atoms with Crippen LogP contribution in [0.4, 0.5) is 14.5 Å². The first kappa shape index (κ1) is 20.9. The lowest BCUT2D eigenvalue weighted by atomic mass is 10.0. The van der Waals surface area contributed by atoms with Gasteiger partial charge in [-0.1, -0.05) is 12.1 Å². The van der Waals surface area contributed by atoms with E-state index in [-0.39, 0.29) is 21.0 Å². The number of aryl methyl sites for hydroxylation is 1. The third-order valence-electron chi connectivity index (χ3n) is 4.14. The van der Waals surface area contributed by atoms with E-state index in [0.717, 1.165) is 18.2 Å². The summed E-state index contributed by atoms with van der Waals surface area (Å²) in [4.78, 5) is -0.349. The van der Waals surface area contributed by atoms with E-state index in [1.807, 2.05) is 0 Å². The second-order valence-corrected chi connectivity index (χ2v) is 9.52. The molecule has 0 bridgehead atoms. The third-order valence-corrected chi connectivity index (χ3v) is 6.43. The van der Waals surface area contributed by atoms with Crippen molar-refractivity contribution in [2.75, 3.05) is 4.72 Å². The molecular formula is C19H16F2N2O4S2. The first-order valence-corrected chi connectivity index (χ1v) is 11.2. The minimum atomic E-state index is -4.05. The molecule has 0 saturated heterocycles. The number of hydrogen-bond donors (Lipinski definition) is 2. The lowest BCUT2D eigenvalue weighted by molar-refractivity contribution is 0.585. The van der Waals surface area contributed by atoms with Crippen LogP contribution in [0.25, 0.3) is 11.1 Å². The van der Waals surface area contributed by atoms with Crippen LogP contribution >= 0.6 is 0 Å². The van der Waals surface area contributed by atoms with Gasteiger partial charge in [-0.3, -0.25) is 4.72 Å². The number of halogens is 2. The number of benzene rings is 3. The molecular weight excluding hydrogens is 422 g/mol. The van der Waals surface area contributed by atoms with Gasteiger partial charge in [0.25, 0.3) is 10.0 Å². The molecule has 0 fully saturated rings. The SMILES string of the molecule is Cc1cc(S(=O)(=O)Nc2cccc(S(N)(=O)=O)c2)ccc1-c1ccc(F)cc1F. The Kier molecular flexibility index (Phi) is 5.44. The molecule has 3 rings (SSSR count). The molecule has 0 unspecified atom stereocenters. The van der Waals surface area contributed by atoms with Crippen molar-refractivity contribution >= 4 is 25.7 Å². The fourth-order valence-electron chi connectivity index (χ4n) is 2.76. The summed E-state index contributed by atoms with van der Waals surface area (Å²) in [5.74, 6) is -1.48. The van der Waals surface area contributed by atoms with Gasteiger partial charge in [-0.15, -0.1) is 0 Å². The van der Waals surface area contributed by atoms with Crippen molar-refractivity contribution in [1.82, 2.24) is 0 Å². The Labute approximate surface area is 167 Å². The first-order chi connectivity index (χ1) is 13.5. The van der Waals surface area contributed by atoms with Crippen molar-refractivity contribution in [3.05, 3.63) is 77.9 Å². The van der Waals surface area contributed by atoms with Crippen LogP contribution in [0.15, 0.2) is 70.5 Å². The molecule has 3 aromatic carbocycles. The van der Waals surface area contributed by atoms with Crippen LogP contribution < -0.4 is 9.86 Å². The quantitative estimate of drug-likeness (QED) is 0.637. The van der Waals surface area contributed by atoms with Crippen LogP contribution in [0.1, 0.15) is 5.56 Å². The zero-order valence-electron chi connectivity index (χ0n) is 15.1. The Morgan fingerprint density at radius 3 is 2.14 bits per heavy atom. The molecule has 29 heavy (non-hydrogen) atoms. The minimum absolute atomic E-state index is 0.0165. The van der Waals surface area contributed by atoms with E-state index in [2.05, 4.69) is 4.72 Å². The van der Waals surface area contributed by atoms with E-state index >= 15 is 0 Å². The van der Waals surface area contributed by atoms with Crippen LogP contribution in [0.5, 0.6) is 0 Å². The normalized spacial score (nSPS) is 12.0. The molecule has 6 nitrogen and oxygen atoms in total. The standard InChI is InChI=1S/C19H16F2N2O4S2/c1-12-9-16(6-8-17(12)18-7-5-13(20)10-19(18)21)29(26,27)23-14-3-2-4-15(11-14)28(22,24)25/h2-11,23H,1H3,(H2,22,24,25). The molecule has 0 radical (unpaired) electrons. The number of nitrogens with one attached hydrogen (secondary N) is 1. The maximum absolute atomic E-state index is 14.0. The van der Waals surface area contributed by atoms with E-state index in [9.17, 15) is 25.6 Å². The van der Waals surface area contributed by atoms with Crippen LogP contribution in [0.2, 0.25) is 0 Å². The Balaban J connectivity index is 1.95. The number of rotatable bonds is 5. The average molecular weight is 438 g/mol. The average Bonchev–Trinajstić information content (AvgIpc) is 2.61. The molecule has 0 aromatic heterocycles. The van der Waals surface area contributed by atoms with E-state index in [1.54, 1.807) is 6.92 Å². The van der Waals surface area contributed by atoms with Crippen molar-refractivity contribution in [2.45, 2.75) is 16.7 Å². The second-order valence-electron chi connectivity index (χ2n) is 6.28. The maximum atomic E-state index is 14.0. The number of anilines is 1. The van der Waals surface area contributed by atoms with Gasteiger partial charge in [0.05, 0.1) is 15.5 Å². The highest BCUT2D eigenvalue weighted by Gasteiger charge is 2.18. The van der Waals surface area contributed by atoms with Crippen molar-refractivity contribution in [1.29, 1.82) is 0 Å². The summed E-state index contributed by atoms with van der Waals surface area (Å²) in [7, 11) is -8.05. The highest BCUT2D eigenvalue weighted by atomic mass is 32.2. The molecule has 10 heteroatoms. The summed E-state index contributed by atoms with van der Waals surface area (Å²) in [5, 5.41) is 5.05. The number of primary sulfonamides is 1. The number of nitrogens with two attached hydrogens (primary N) is 1. The molecule has 0 aliphatic rings. The summed E-state index contributed by atoms with van der Waals surface area (Å²) >= 11 is 0. The molecule has 0 aliphatic carbocycles. The molecule has 3 aromatic rings. The molecule has 0 spiro atoms. The number of hydrogen-bond acceptors (Lipinski definition) is 4. The highest BCUT2D eigenvalue weighted by Crippen LogP contribution is 2.29. The summed E-state index contributed by atoms with van der Waals surface area (Å²) in [6.07, 6.45) is 0. The van der Waals surface area contributed by atoms with E-state index in [0.29, 0.717) is 11.1 Å². The van der Waals surface area contributed by atoms with Gasteiger partial charge in [0.2, 0.25) is 10.0 Å². The van der Waals surface area contributed by atoms with Gasteiger partial charge >= 0.3 is 0 Å². The Bertz CT molecular complexity index is 1310. The molecule has 0 amide bonds. The Morgan fingerprint density at radius 2 is 1.52 bits per heavy atom. The molecule has 0 aliphatic heterocycles. The summed E-state index contributed by atoms with van der Waals surface area (Å²) in [5.41, 5.74) is 1.03. The lowest BCUT2D eigenvalue weighted by Crippen LogP contribution is -2.15. The van der Waals surface area contributed by atoms with Crippen LogP contribution in [0, 0.1) is 18.6 Å². The number of sulfonamides is 2. The third kappa shape index (κ3) is 4.61.